The van der Waals surface area contributed by atoms with Gasteiger partial charge in [-0.1, -0.05) is 45.0 Å². The predicted molar refractivity (Wildman–Crippen MR) is 108 cm³/mol. The molecule has 0 spiro atoms. The van der Waals surface area contributed by atoms with Gasteiger partial charge in [0.15, 0.2) is 0 Å². The second-order valence-corrected chi connectivity index (χ2v) is 8.58. The van der Waals surface area contributed by atoms with Gasteiger partial charge in [-0.3, -0.25) is 14.2 Å². The lowest BCUT2D eigenvalue weighted by molar-refractivity contribution is -0.117. The molecule has 4 nitrogen and oxygen atoms in total. The fourth-order valence-corrected chi connectivity index (χ4v) is 4.00. The molecule has 5 heteroatoms. The van der Waals surface area contributed by atoms with Gasteiger partial charge in [-0.15, -0.1) is 11.3 Å². The van der Waals surface area contributed by atoms with Gasteiger partial charge in [0, 0.05) is 23.9 Å². The molecule has 2 aromatic heterocycles. The third-order valence-corrected chi connectivity index (χ3v) is 5.51. The third kappa shape index (κ3) is 3.49. The van der Waals surface area contributed by atoms with Crippen LogP contribution in [0.1, 0.15) is 45.5 Å². The average Bonchev–Trinajstić information content (AvgIpc) is 2.97. The monoisotopic (exact) mass is 368 g/mol. The normalized spacial score (nSPS) is 11.9. The molecule has 0 saturated heterocycles. The largest absolute Gasteiger partial charge is 0.300 e. The van der Waals surface area contributed by atoms with E-state index in [0.717, 1.165) is 16.0 Å². The number of fused-ring (bicyclic) bond motifs is 1. The van der Waals surface area contributed by atoms with Crippen LogP contribution >= 0.6 is 11.3 Å². The first-order chi connectivity index (χ1) is 12.2. The van der Waals surface area contributed by atoms with Crippen LogP contribution in [0.3, 0.4) is 0 Å². The van der Waals surface area contributed by atoms with Gasteiger partial charge in [-0.2, -0.15) is 0 Å². The molecule has 0 aliphatic rings. The lowest BCUT2D eigenvalue weighted by Gasteiger charge is -2.19. The smallest absolute Gasteiger partial charge is 0.262 e. The SMILES string of the molecule is CC(=O)CCn1c(C)nc2scc(-c3ccc(C(C)(C)C)cc3)c2c1=O. The second-order valence-electron chi connectivity index (χ2n) is 7.72. The zero-order valence-electron chi connectivity index (χ0n) is 15.9. The van der Waals surface area contributed by atoms with Crippen LogP contribution in [0.25, 0.3) is 21.3 Å². The van der Waals surface area contributed by atoms with Crippen molar-refractivity contribution in [3.63, 3.8) is 0 Å². The van der Waals surface area contributed by atoms with Gasteiger partial charge in [0.2, 0.25) is 0 Å². The molecular weight excluding hydrogens is 344 g/mol. The summed E-state index contributed by atoms with van der Waals surface area (Å²) in [4.78, 5) is 29.7. The van der Waals surface area contributed by atoms with E-state index in [2.05, 4.69) is 50.0 Å². The van der Waals surface area contributed by atoms with Crippen LogP contribution in [0.2, 0.25) is 0 Å². The summed E-state index contributed by atoms with van der Waals surface area (Å²) >= 11 is 1.49. The molecule has 3 aromatic rings. The number of benzene rings is 1. The van der Waals surface area contributed by atoms with Gasteiger partial charge in [0.1, 0.15) is 16.4 Å². The average molecular weight is 369 g/mol. The Morgan fingerprint density at radius 2 is 1.85 bits per heavy atom. The Morgan fingerprint density at radius 3 is 2.42 bits per heavy atom. The number of ketones is 1. The molecule has 0 N–H and O–H groups in total. The Hall–Kier alpha value is -2.27. The Bertz CT molecular complexity index is 1020. The van der Waals surface area contributed by atoms with Crippen molar-refractivity contribution in [2.45, 2.75) is 53.0 Å². The maximum atomic E-state index is 13.1. The number of thiophene rings is 1. The fourth-order valence-electron chi connectivity index (χ4n) is 3.02. The highest BCUT2D eigenvalue weighted by Gasteiger charge is 2.17. The summed E-state index contributed by atoms with van der Waals surface area (Å²) in [5.41, 5.74) is 3.22. The van der Waals surface area contributed by atoms with Crippen LogP contribution in [0.5, 0.6) is 0 Å². The van der Waals surface area contributed by atoms with E-state index >= 15 is 0 Å². The molecule has 136 valence electrons. The van der Waals surface area contributed by atoms with E-state index in [9.17, 15) is 9.59 Å². The van der Waals surface area contributed by atoms with E-state index in [1.54, 1.807) is 11.5 Å². The number of hydrogen-bond donors (Lipinski definition) is 0. The van der Waals surface area contributed by atoms with E-state index in [-0.39, 0.29) is 16.8 Å². The molecule has 0 unspecified atom stereocenters. The lowest BCUT2D eigenvalue weighted by atomic mass is 9.86. The molecule has 0 saturated carbocycles. The third-order valence-electron chi connectivity index (χ3n) is 4.63. The molecule has 0 radical (unpaired) electrons. The first-order valence-corrected chi connectivity index (χ1v) is 9.65. The van der Waals surface area contributed by atoms with Crippen LogP contribution in [-0.4, -0.2) is 15.3 Å². The van der Waals surface area contributed by atoms with E-state index in [0.29, 0.717) is 24.2 Å². The molecule has 1 aromatic carbocycles. The van der Waals surface area contributed by atoms with Crippen molar-refractivity contribution < 1.29 is 4.79 Å². The van der Waals surface area contributed by atoms with Crippen molar-refractivity contribution in [1.82, 2.24) is 9.55 Å². The van der Waals surface area contributed by atoms with E-state index in [1.807, 2.05) is 12.3 Å². The van der Waals surface area contributed by atoms with Crippen molar-refractivity contribution in [2.75, 3.05) is 0 Å². The summed E-state index contributed by atoms with van der Waals surface area (Å²) in [5, 5.41) is 2.65. The molecule has 0 fully saturated rings. The summed E-state index contributed by atoms with van der Waals surface area (Å²) in [7, 11) is 0. The lowest BCUT2D eigenvalue weighted by Crippen LogP contribution is -2.24. The van der Waals surface area contributed by atoms with Crippen LogP contribution < -0.4 is 5.56 Å². The molecule has 0 aliphatic carbocycles. The highest BCUT2D eigenvalue weighted by Crippen LogP contribution is 2.32. The topological polar surface area (TPSA) is 52.0 Å². The Balaban J connectivity index is 2.11. The highest BCUT2D eigenvalue weighted by atomic mass is 32.1. The summed E-state index contributed by atoms with van der Waals surface area (Å²) in [5.74, 6) is 0.722. The number of hydrogen-bond acceptors (Lipinski definition) is 4. The summed E-state index contributed by atoms with van der Waals surface area (Å²) < 4.78 is 1.61. The minimum atomic E-state index is -0.0649. The molecule has 3 rings (SSSR count). The van der Waals surface area contributed by atoms with Crippen LogP contribution in [-0.2, 0) is 16.8 Å². The molecule has 0 bridgehead atoms. The fraction of sp³-hybridized carbons (Fsp3) is 0.381. The zero-order valence-corrected chi connectivity index (χ0v) is 16.7. The molecule has 0 amide bonds. The Morgan fingerprint density at radius 1 is 1.19 bits per heavy atom. The highest BCUT2D eigenvalue weighted by molar-refractivity contribution is 7.17. The number of carbonyl (C=O) groups is 1. The van der Waals surface area contributed by atoms with Crippen molar-refractivity contribution in [1.29, 1.82) is 0 Å². The predicted octanol–water partition coefficient (Wildman–Crippen LogP) is 4.71. The quantitative estimate of drug-likeness (QED) is 0.670. The first kappa shape index (κ1) is 18.5. The number of carbonyl (C=O) groups excluding carboxylic acids is 1. The number of Topliss-reactive ketones (excluding diaryl/α,β-unsaturated/α-hetero) is 1. The zero-order chi connectivity index (χ0) is 19.1. The number of nitrogens with zero attached hydrogens (tertiary/aromatic N) is 2. The van der Waals surface area contributed by atoms with Gasteiger partial charge in [-0.05, 0) is 30.4 Å². The van der Waals surface area contributed by atoms with Crippen LogP contribution in [0.4, 0.5) is 0 Å². The van der Waals surface area contributed by atoms with Gasteiger partial charge >= 0.3 is 0 Å². The van der Waals surface area contributed by atoms with Gasteiger partial charge in [0.05, 0.1) is 5.39 Å². The van der Waals surface area contributed by atoms with E-state index in [1.165, 1.54) is 16.9 Å². The molecule has 26 heavy (non-hydrogen) atoms. The molecular formula is C21H24N2O2S. The number of rotatable bonds is 4. The van der Waals surface area contributed by atoms with Crippen molar-refractivity contribution >= 4 is 27.3 Å². The minimum Gasteiger partial charge on any atom is -0.300 e. The van der Waals surface area contributed by atoms with Crippen LogP contribution in [0, 0.1) is 6.92 Å². The summed E-state index contributed by atoms with van der Waals surface area (Å²) in [6, 6.07) is 8.38. The van der Waals surface area contributed by atoms with E-state index in [4.69, 9.17) is 0 Å². The van der Waals surface area contributed by atoms with Crippen molar-refractivity contribution in [3.05, 3.63) is 51.4 Å². The Kier molecular flexibility index (Phi) is 4.84. The van der Waals surface area contributed by atoms with Gasteiger partial charge in [0.25, 0.3) is 5.56 Å². The van der Waals surface area contributed by atoms with Crippen molar-refractivity contribution in [2.24, 2.45) is 0 Å². The van der Waals surface area contributed by atoms with Crippen molar-refractivity contribution in [3.8, 4) is 11.1 Å². The number of aryl methyl sites for hydroxylation is 1. The maximum Gasteiger partial charge on any atom is 0.262 e. The van der Waals surface area contributed by atoms with Crippen LogP contribution in [0.15, 0.2) is 34.4 Å². The minimum absolute atomic E-state index is 0.0649. The molecule has 0 atom stereocenters. The summed E-state index contributed by atoms with van der Waals surface area (Å²) in [6.45, 7) is 10.3. The first-order valence-electron chi connectivity index (χ1n) is 8.77. The number of aromatic nitrogens is 2. The van der Waals surface area contributed by atoms with Gasteiger partial charge in [-0.25, -0.2) is 4.98 Å². The molecule has 2 heterocycles. The van der Waals surface area contributed by atoms with E-state index < -0.39 is 0 Å². The standard InChI is InChI=1S/C21H24N2O2S/c1-13(24)10-11-23-14(2)22-19-18(20(23)25)17(12-26-19)15-6-8-16(9-7-15)21(3,4)5/h6-9,12H,10-11H2,1-5H3. The van der Waals surface area contributed by atoms with Gasteiger partial charge < -0.3 is 0 Å². The second kappa shape index (κ2) is 6.80. The molecule has 0 aliphatic heterocycles. The maximum absolute atomic E-state index is 13.1. The summed E-state index contributed by atoms with van der Waals surface area (Å²) in [6.07, 6.45) is 0.341. The Labute approximate surface area is 157 Å².